The van der Waals surface area contributed by atoms with Gasteiger partial charge < -0.3 is 10.6 Å². The maximum Gasteiger partial charge on any atom is 0.246 e. The zero-order valence-corrected chi connectivity index (χ0v) is 8.84. The second kappa shape index (κ2) is 6.66. The van der Waals surface area contributed by atoms with E-state index in [0.29, 0.717) is 6.54 Å². The van der Waals surface area contributed by atoms with Crippen molar-refractivity contribution < 1.29 is 4.79 Å². The second-order valence-electron chi connectivity index (χ2n) is 3.28. The molecule has 0 aliphatic heterocycles. The third-order valence-corrected chi connectivity index (χ3v) is 1.74. The zero-order valence-electron chi connectivity index (χ0n) is 8.84. The standard InChI is InChI=1S/C10H20N2O/c1-4-12(7-5-6-11)10(13)8-9(2)3/h8H,4-7,11H2,1-3H3. The van der Waals surface area contributed by atoms with Gasteiger partial charge in [0.2, 0.25) is 5.91 Å². The number of carbonyl (C=O) groups is 1. The lowest BCUT2D eigenvalue weighted by molar-refractivity contribution is -0.125. The first-order valence-corrected chi connectivity index (χ1v) is 4.75. The highest BCUT2D eigenvalue weighted by molar-refractivity contribution is 5.88. The van der Waals surface area contributed by atoms with Crippen LogP contribution in [0.5, 0.6) is 0 Å². The number of hydrogen-bond donors (Lipinski definition) is 1. The predicted octanol–water partition coefficient (Wildman–Crippen LogP) is 1.15. The Morgan fingerprint density at radius 3 is 2.46 bits per heavy atom. The molecule has 0 aliphatic rings. The largest absolute Gasteiger partial charge is 0.339 e. The minimum atomic E-state index is 0.0935. The molecule has 0 spiro atoms. The van der Waals surface area contributed by atoms with Gasteiger partial charge in [-0.1, -0.05) is 5.57 Å². The Morgan fingerprint density at radius 1 is 1.46 bits per heavy atom. The summed E-state index contributed by atoms with van der Waals surface area (Å²) in [6.45, 7) is 7.98. The molecule has 2 N–H and O–H groups in total. The van der Waals surface area contributed by atoms with Crippen molar-refractivity contribution in [3.63, 3.8) is 0 Å². The van der Waals surface area contributed by atoms with Gasteiger partial charge >= 0.3 is 0 Å². The van der Waals surface area contributed by atoms with Crippen LogP contribution >= 0.6 is 0 Å². The van der Waals surface area contributed by atoms with Crippen LogP contribution in [0.3, 0.4) is 0 Å². The van der Waals surface area contributed by atoms with E-state index in [-0.39, 0.29) is 5.91 Å². The second-order valence-corrected chi connectivity index (χ2v) is 3.28. The lowest BCUT2D eigenvalue weighted by Crippen LogP contribution is -2.31. The van der Waals surface area contributed by atoms with Crippen molar-refractivity contribution in [1.82, 2.24) is 4.90 Å². The Kier molecular flexibility index (Phi) is 6.24. The minimum absolute atomic E-state index is 0.0935. The molecule has 0 fully saturated rings. The van der Waals surface area contributed by atoms with Crippen LogP contribution in [-0.2, 0) is 4.79 Å². The maximum absolute atomic E-state index is 11.5. The van der Waals surface area contributed by atoms with Gasteiger partial charge in [0.25, 0.3) is 0 Å². The Balaban J connectivity index is 4.07. The first-order chi connectivity index (χ1) is 6.11. The van der Waals surface area contributed by atoms with Crippen LogP contribution in [0.25, 0.3) is 0 Å². The molecule has 0 heterocycles. The van der Waals surface area contributed by atoms with Gasteiger partial charge in [-0.2, -0.15) is 0 Å². The topological polar surface area (TPSA) is 46.3 Å². The van der Waals surface area contributed by atoms with E-state index < -0.39 is 0 Å². The van der Waals surface area contributed by atoms with E-state index >= 15 is 0 Å². The normalized spacial score (nSPS) is 9.54. The Labute approximate surface area is 80.6 Å². The van der Waals surface area contributed by atoms with Gasteiger partial charge in [0.1, 0.15) is 0 Å². The molecule has 3 nitrogen and oxygen atoms in total. The predicted molar refractivity (Wildman–Crippen MR) is 55.4 cm³/mol. The van der Waals surface area contributed by atoms with Crippen molar-refractivity contribution in [2.24, 2.45) is 5.73 Å². The fraction of sp³-hybridized carbons (Fsp3) is 0.700. The number of likely N-dealkylation sites (N-methyl/N-ethyl adjacent to an activating group) is 1. The van der Waals surface area contributed by atoms with Gasteiger partial charge in [0, 0.05) is 19.2 Å². The number of allylic oxidation sites excluding steroid dienone is 1. The average Bonchev–Trinajstić information content (AvgIpc) is 2.04. The van der Waals surface area contributed by atoms with Crippen molar-refractivity contribution >= 4 is 5.91 Å². The number of nitrogens with zero attached hydrogens (tertiary/aromatic N) is 1. The number of carbonyl (C=O) groups excluding carboxylic acids is 1. The van der Waals surface area contributed by atoms with Gasteiger partial charge in [-0.25, -0.2) is 0 Å². The molecule has 76 valence electrons. The van der Waals surface area contributed by atoms with E-state index in [1.807, 2.05) is 20.8 Å². The third kappa shape index (κ3) is 5.42. The van der Waals surface area contributed by atoms with Gasteiger partial charge in [-0.15, -0.1) is 0 Å². The van der Waals surface area contributed by atoms with Crippen molar-refractivity contribution in [2.75, 3.05) is 19.6 Å². The van der Waals surface area contributed by atoms with Crippen LogP contribution in [0.2, 0.25) is 0 Å². The first-order valence-electron chi connectivity index (χ1n) is 4.75. The summed E-state index contributed by atoms with van der Waals surface area (Å²) in [6, 6.07) is 0. The summed E-state index contributed by atoms with van der Waals surface area (Å²) in [7, 11) is 0. The van der Waals surface area contributed by atoms with E-state index in [1.165, 1.54) is 0 Å². The van der Waals surface area contributed by atoms with Gasteiger partial charge in [0.05, 0.1) is 0 Å². The van der Waals surface area contributed by atoms with Crippen molar-refractivity contribution in [3.05, 3.63) is 11.6 Å². The summed E-state index contributed by atoms with van der Waals surface area (Å²) in [4.78, 5) is 13.3. The molecule has 0 rings (SSSR count). The number of amides is 1. The molecule has 0 aromatic rings. The van der Waals surface area contributed by atoms with Crippen LogP contribution in [0.1, 0.15) is 27.2 Å². The van der Waals surface area contributed by atoms with Crippen molar-refractivity contribution in [1.29, 1.82) is 0 Å². The van der Waals surface area contributed by atoms with Crippen LogP contribution in [0.4, 0.5) is 0 Å². The summed E-state index contributed by atoms with van der Waals surface area (Å²) < 4.78 is 0. The Hall–Kier alpha value is -0.830. The molecule has 3 heteroatoms. The van der Waals surface area contributed by atoms with Crippen molar-refractivity contribution in [2.45, 2.75) is 27.2 Å². The highest BCUT2D eigenvalue weighted by Crippen LogP contribution is 1.97. The van der Waals surface area contributed by atoms with Crippen LogP contribution in [0, 0.1) is 0 Å². The molecule has 0 atom stereocenters. The molecular formula is C10H20N2O. The number of rotatable bonds is 5. The van der Waals surface area contributed by atoms with E-state index in [4.69, 9.17) is 5.73 Å². The molecule has 0 saturated carbocycles. The van der Waals surface area contributed by atoms with Crippen LogP contribution in [-0.4, -0.2) is 30.4 Å². The van der Waals surface area contributed by atoms with Crippen molar-refractivity contribution in [3.8, 4) is 0 Å². The molecule has 0 aromatic carbocycles. The highest BCUT2D eigenvalue weighted by atomic mass is 16.2. The van der Waals surface area contributed by atoms with E-state index in [9.17, 15) is 4.79 Å². The van der Waals surface area contributed by atoms with Gasteiger partial charge in [0.15, 0.2) is 0 Å². The van der Waals surface area contributed by atoms with Gasteiger partial charge in [-0.05, 0) is 33.7 Å². The molecule has 0 unspecified atom stereocenters. The fourth-order valence-electron chi connectivity index (χ4n) is 1.04. The SMILES string of the molecule is CCN(CCCN)C(=O)C=C(C)C. The first kappa shape index (κ1) is 12.2. The zero-order chi connectivity index (χ0) is 10.3. The molecule has 0 aliphatic carbocycles. The highest BCUT2D eigenvalue weighted by Gasteiger charge is 2.06. The molecule has 0 bridgehead atoms. The molecule has 0 saturated heterocycles. The maximum atomic E-state index is 11.5. The molecular weight excluding hydrogens is 164 g/mol. The number of hydrogen-bond acceptors (Lipinski definition) is 2. The fourth-order valence-corrected chi connectivity index (χ4v) is 1.04. The van der Waals surface area contributed by atoms with E-state index in [1.54, 1.807) is 11.0 Å². The summed E-state index contributed by atoms with van der Waals surface area (Å²) in [5.74, 6) is 0.0935. The number of nitrogens with two attached hydrogens (primary N) is 1. The van der Waals surface area contributed by atoms with Gasteiger partial charge in [-0.3, -0.25) is 4.79 Å². The lowest BCUT2D eigenvalue weighted by atomic mass is 10.3. The summed E-state index contributed by atoms with van der Waals surface area (Å²) in [5.41, 5.74) is 6.42. The third-order valence-electron chi connectivity index (χ3n) is 1.74. The lowest BCUT2D eigenvalue weighted by Gasteiger charge is -2.18. The Bertz CT molecular complexity index is 183. The van der Waals surface area contributed by atoms with E-state index in [0.717, 1.165) is 25.1 Å². The molecule has 13 heavy (non-hydrogen) atoms. The monoisotopic (exact) mass is 184 g/mol. The summed E-state index contributed by atoms with van der Waals surface area (Å²) in [5, 5.41) is 0. The molecule has 1 amide bonds. The van der Waals surface area contributed by atoms with Crippen LogP contribution in [0.15, 0.2) is 11.6 Å². The van der Waals surface area contributed by atoms with Crippen LogP contribution < -0.4 is 5.73 Å². The minimum Gasteiger partial charge on any atom is -0.339 e. The smallest absolute Gasteiger partial charge is 0.246 e. The molecule has 0 aromatic heterocycles. The van der Waals surface area contributed by atoms with E-state index in [2.05, 4.69) is 0 Å². The average molecular weight is 184 g/mol. The summed E-state index contributed by atoms with van der Waals surface area (Å²) >= 11 is 0. The Morgan fingerprint density at radius 2 is 2.08 bits per heavy atom. The summed E-state index contributed by atoms with van der Waals surface area (Å²) in [6.07, 6.45) is 2.54. The quantitative estimate of drug-likeness (QED) is 0.651. The molecule has 0 radical (unpaired) electrons.